The van der Waals surface area contributed by atoms with Gasteiger partial charge in [-0.1, -0.05) is 60.6 Å². The Labute approximate surface area is 184 Å². The van der Waals surface area contributed by atoms with Crippen LogP contribution >= 0.6 is 23.4 Å². The monoisotopic (exact) mass is 443 g/mol. The molecule has 2 heterocycles. The van der Waals surface area contributed by atoms with E-state index in [-0.39, 0.29) is 29.7 Å². The van der Waals surface area contributed by atoms with E-state index in [9.17, 15) is 9.59 Å². The van der Waals surface area contributed by atoms with E-state index in [0.717, 1.165) is 17.7 Å². The average molecular weight is 444 g/mol. The summed E-state index contributed by atoms with van der Waals surface area (Å²) in [5, 5.41) is 3.79. The van der Waals surface area contributed by atoms with Crippen molar-refractivity contribution >= 4 is 51.7 Å². The van der Waals surface area contributed by atoms with Crippen molar-refractivity contribution in [2.45, 2.75) is 19.5 Å². The SMILES string of the molecule is CCc1ccccc1N1C(=O)C2CNNC2N=C1SCC(=O)Nc1ccccc1Cl. The summed E-state index contributed by atoms with van der Waals surface area (Å²) in [4.78, 5) is 32.2. The Balaban J connectivity index is 1.56. The summed E-state index contributed by atoms with van der Waals surface area (Å²) in [5.74, 6) is -0.419. The summed E-state index contributed by atoms with van der Waals surface area (Å²) in [7, 11) is 0. The number of hydrazine groups is 1. The highest BCUT2D eigenvalue weighted by molar-refractivity contribution is 8.14. The zero-order valence-electron chi connectivity index (χ0n) is 16.4. The lowest BCUT2D eigenvalue weighted by atomic mass is 10.0. The molecule has 0 bridgehead atoms. The Hall–Kier alpha value is -2.39. The lowest BCUT2D eigenvalue weighted by Gasteiger charge is -2.33. The molecule has 2 aliphatic heterocycles. The van der Waals surface area contributed by atoms with E-state index in [2.05, 4.69) is 23.1 Å². The molecule has 2 aromatic carbocycles. The van der Waals surface area contributed by atoms with E-state index in [4.69, 9.17) is 16.6 Å². The molecule has 2 aliphatic rings. The van der Waals surface area contributed by atoms with Gasteiger partial charge >= 0.3 is 0 Å². The Morgan fingerprint density at radius 1 is 1.27 bits per heavy atom. The van der Waals surface area contributed by atoms with Crippen LogP contribution in [-0.2, 0) is 16.0 Å². The second-order valence-corrected chi connectivity index (χ2v) is 8.31. The second-order valence-electron chi connectivity index (χ2n) is 6.96. The van der Waals surface area contributed by atoms with Crippen molar-refractivity contribution in [1.29, 1.82) is 0 Å². The minimum absolute atomic E-state index is 0.0255. The third-order valence-electron chi connectivity index (χ3n) is 5.03. The molecule has 0 aromatic heterocycles. The van der Waals surface area contributed by atoms with Crippen LogP contribution in [0.2, 0.25) is 5.02 Å². The molecule has 3 N–H and O–H groups in total. The number of aryl methyl sites for hydroxylation is 1. The van der Waals surface area contributed by atoms with Crippen LogP contribution < -0.4 is 21.1 Å². The molecule has 2 atom stereocenters. The first kappa shape index (κ1) is 20.9. The van der Waals surface area contributed by atoms with E-state index < -0.39 is 0 Å². The highest BCUT2D eigenvalue weighted by Crippen LogP contribution is 2.32. The molecule has 7 nitrogen and oxygen atoms in total. The van der Waals surface area contributed by atoms with E-state index >= 15 is 0 Å². The molecular weight excluding hydrogens is 422 g/mol. The minimum atomic E-state index is -0.336. The molecule has 2 amide bonds. The summed E-state index contributed by atoms with van der Waals surface area (Å²) in [6.45, 7) is 2.57. The predicted molar refractivity (Wildman–Crippen MR) is 122 cm³/mol. The molecule has 2 unspecified atom stereocenters. The largest absolute Gasteiger partial charge is 0.324 e. The van der Waals surface area contributed by atoms with Crippen molar-refractivity contribution in [3.63, 3.8) is 0 Å². The van der Waals surface area contributed by atoms with Gasteiger partial charge in [0.1, 0.15) is 6.17 Å². The van der Waals surface area contributed by atoms with Gasteiger partial charge in [-0.25, -0.2) is 10.4 Å². The number of thioether (sulfide) groups is 1. The molecule has 0 aliphatic carbocycles. The van der Waals surface area contributed by atoms with Crippen molar-refractivity contribution in [2.75, 3.05) is 22.5 Å². The molecule has 1 saturated heterocycles. The fourth-order valence-corrected chi connectivity index (χ4v) is 4.52. The maximum atomic E-state index is 13.3. The number of carbonyl (C=O) groups excluding carboxylic acids is 2. The Kier molecular flexibility index (Phi) is 6.38. The summed E-state index contributed by atoms with van der Waals surface area (Å²) in [6, 6.07) is 14.9. The number of hydrogen-bond acceptors (Lipinski definition) is 6. The number of nitrogens with one attached hydrogen (secondary N) is 3. The van der Waals surface area contributed by atoms with E-state index in [1.54, 1.807) is 29.2 Å². The summed E-state index contributed by atoms with van der Waals surface area (Å²) < 4.78 is 0. The van der Waals surface area contributed by atoms with Gasteiger partial charge in [-0.15, -0.1) is 0 Å². The number of carbonyl (C=O) groups is 2. The molecular formula is C21H22ClN5O2S. The van der Waals surface area contributed by atoms with Gasteiger partial charge in [-0.2, -0.15) is 0 Å². The van der Waals surface area contributed by atoms with Crippen LogP contribution in [0.4, 0.5) is 11.4 Å². The topological polar surface area (TPSA) is 85.8 Å². The third-order valence-corrected chi connectivity index (χ3v) is 6.31. The van der Waals surface area contributed by atoms with Crippen LogP contribution in [0.1, 0.15) is 12.5 Å². The summed E-state index contributed by atoms with van der Waals surface area (Å²) in [6.07, 6.45) is 0.451. The lowest BCUT2D eigenvalue weighted by molar-refractivity contribution is -0.121. The molecule has 156 valence electrons. The van der Waals surface area contributed by atoms with Gasteiger partial charge in [-0.05, 0) is 30.2 Å². The Bertz CT molecular complexity index is 999. The molecule has 9 heteroatoms. The number of hydrogen-bond donors (Lipinski definition) is 3. The Morgan fingerprint density at radius 2 is 2.03 bits per heavy atom. The number of halogens is 1. The number of fused-ring (bicyclic) bond motifs is 1. The fraction of sp³-hybridized carbons (Fsp3) is 0.286. The number of aliphatic imine (C=N–C) groups is 1. The first-order chi connectivity index (χ1) is 14.6. The van der Waals surface area contributed by atoms with Crippen molar-refractivity contribution < 1.29 is 9.59 Å². The van der Waals surface area contributed by atoms with Gasteiger partial charge in [0.15, 0.2) is 5.17 Å². The second kappa shape index (κ2) is 9.18. The molecule has 4 rings (SSSR count). The van der Waals surface area contributed by atoms with Gasteiger partial charge in [0, 0.05) is 6.54 Å². The van der Waals surface area contributed by atoms with Crippen LogP contribution in [0.3, 0.4) is 0 Å². The van der Waals surface area contributed by atoms with Crippen molar-refractivity contribution in [2.24, 2.45) is 10.9 Å². The highest BCUT2D eigenvalue weighted by atomic mass is 35.5. The van der Waals surface area contributed by atoms with Gasteiger partial charge in [0.25, 0.3) is 0 Å². The van der Waals surface area contributed by atoms with Gasteiger partial charge in [0.2, 0.25) is 11.8 Å². The average Bonchev–Trinajstić information content (AvgIpc) is 3.23. The Morgan fingerprint density at radius 3 is 2.83 bits per heavy atom. The first-order valence-corrected chi connectivity index (χ1v) is 11.1. The van der Waals surface area contributed by atoms with E-state index in [1.807, 2.05) is 24.3 Å². The predicted octanol–water partition coefficient (Wildman–Crippen LogP) is 3.03. The van der Waals surface area contributed by atoms with Crippen molar-refractivity contribution in [3.8, 4) is 0 Å². The quantitative estimate of drug-likeness (QED) is 0.661. The number of para-hydroxylation sites is 2. The van der Waals surface area contributed by atoms with Crippen molar-refractivity contribution in [3.05, 3.63) is 59.1 Å². The normalized spacial score (nSPS) is 20.7. The minimum Gasteiger partial charge on any atom is -0.324 e. The molecule has 2 aromatic rings. The number of amidine groups is 1. The summed E-state index contributed by atoms with van der Waals surface area (Å²) >= 11 is 7.36. The van der Waals surface area contributed by atoms with Gasteiger partial charge in [0.05, 0.1) is 28.1 Å². The van der Waals surface area contributed by atoms with Gasteiger partial charge in [-0.3, -0.25) is 19.9 Å². The maximum Gasteiger partial charge on any atom is 0.241 e. The van der Waals surface area contributed by atoms with E-state index in [1.165, 1.54) is 11.8 Å². The van der Waals surface area contributed by atoms with Crippen LogP contribution in [-0.4, -0.2) is 35.4 Å². The van der Waals surface area contributed by atoms with Crippen molar-refractivity contribution in [1.82, 2.24) is 10.9 Å². The molecule has 0 radical (unpaired) electrons. The number of anilines is 2. The van der Waals surface area contributed by atoms with Crippen LogP contribution in [0, 0.1) is 5.92 Å². The highest BCUT2D eigenvalue weighted by Gasteiger charge is 2.42. The zero-order valence-corrected chi connectivity index (χ0v) is 18.0. The number of benzene rings is 2. The maximum absolute atomic E-state index is 13.3. The summed E-state index contributed by atoms with van der Waals surface area (Å²) in [5.41, 5.74) is 8.47. The van der Waals surface area contributed by atoms with Crippen LogP contribution in [0.25, 0.3) is 0 Å². The molecule has 1 fully saturated rings. The lowest BCUT2D eigenvalue weighted by Crippen LogP contribution is -2.50. The third kappa shape index (κ3) is 4.22. The van der Waals surface area contributed by atoms with Gasteiger partial charge < -0.3 is 5.32 Å². The van der Waals surface area contributed by atoms with Crippen LogP contribution in [0.15, 0.2) is 53.5 Å². The molecule has 0 spiro atoms. The number of rotatable bonds is 5. The first-order valence-electron chi connectivity index (χ1n) is 9.73. The zero-order chi connectivity index (χ0) is 21.1. The van der Waals surface area contributed by atoms with Crippen LogP contribution in [0.5, 0.6) is 0 Å². The standard InChI is InChI=1S/C21H22ClN5O2S/c1-2-13-7-3-6-10-17(13)27-20(29)14-11-23-26-19(14)25-21(27)30-12-18(28)24-16-9-5-4-8-15(16)22/h3-10,14,19,23,26H,2,11-12H2,1H3,(H,24,28). The molecule has 30 heavy (non-hydrogen) atoms. The smallest absolute Gasteiger partial charge is 0.241 e. The number of nitrogens with zero attached hydrogens (tertiary/aromatic N) is 2. The molecule has 0 saturated carbocycles. The van der Waals surface area contributed by atoms with E-state index in [0.29, 0.717) is 22.4 Å². The number of amides is 2. The fourth-order valence-electron chi connectivity index (χ4n) is 3.50.